The zero-order chi connectivity index (χ0) is 13.1. The van der Waals surface area contributed by atoms with Crippen molar-refractivity contribution in [2.24, 2.45) is 5.73 Å². The lowest BCUT2D eigenvalue weighted by molar-refractivity contribution is 0.167. The number of hydrogen-bond donors (Lipinski definition) is 1. The van der Waals surface area contributed by atoms with Crippen molar-refractivity contribution in [1.82, 2.24) is 4.90 Å². The lowest BCUT2D eigenvalue weighted by Crippen LogP contribution is -2.37. The molecule has 0 aliphatic carbocycles. The summed E-state index contributed by atoms with van der Waals surface area (Å²) >= 11 is 0. The fourth-order valence-electron chi connectivity index (χ4n) is 3.04. The first-order valence-electron chi connectivity index (χ1n) is 7.15. The van der Waals surface area contributed by atoms with Crippen LogP contribution in [0, 0.1) is 20.8 Å². The van der Waals surface area contributed by atoms with Crippen molar-refractivity contribution in [3.8, 4) is 0 Å². The Bertz CT molecular complexity index is 406. The van der Waals surface area contributed by atoms with Crippen LogP contribution in [0.1, 0.15) is 47.6 Å². The Morgan fingerprint density at radius 2 is 1.61 bits per heavy atom. The smallest absolute Gasteiger partial charge is 0.0473 e. The van der Waals surface area contributed by atoms with Crippen LogP contribution in [0.2, 0.25) is 0 Å². The highest BCUT2D eigenvalue weighted by Crippen LogP contribution is 2.28. The maximum absolute atomic E-state index is 6.05. The van der Waals surface area contributed by atoms with Crippen LogP contribution in [0.5, 0.6) is 0 Å². The molecule has 1 heterocycles. The minimum atomic E-state index is 0.407. The molecule has 0 saturated carbocycles. The third-order valence-corrected chi connectivity index (χ3v) is 4.30. The molecule has 2 N–H and O–H groups in total. The summed E-state index contributed by atoms with van der Waals surface area (Å²) in [5.41, 5.74) is 11.6. The molecule has 0 radical (unpaired) electrons. The van der Waals surface area contributed by atoms with E-state index in [9.17, 15) is 0 Å². The molecule has 100 valence electrons. The van der Waals surface area contributed by atoms with Gasteiger partial charge in [-0.2, -0.15) is 0 Å². The van der Waals surface area contributed by atoms with Gasteiger partial charge in [-0.15, -0.1) is 0 Å². The van der Waals surface area contributed by atoms with E-state index >= 15 is 0 Å². The second-order valence-electron chi connectivity index (χ2n) is 5.64. The summed E-state index contributed by atoms with van der Waals surface area (Å²) in [5.74, 6) is 0. The van der Waals surface area contributed by atoms with E-state index in [0.717, 1.165) is 6.54 Å². The number of piperidine rings is 1. The first-order chi connectivity index (χ1) is 8.63. The van der Waals surface area contributed by atoms with E-state index in [0.29, 0.717) is 6.04 Å². The van der Waals surface area contributed by atoms with E-state index < -0.39 is 0 Å². The molecule has 2 heteroatoms. The summed E-state index contributed by atoms with van der Waals surface area (Å²) in [4.78, 5) is 2.57. The van der Waals surface area contributed by atoms with Gasteiger partial charge in [0.15, 0.2) is 0 Å². The number of aryl methyl sites for hydroxylation is 3. The minimum absolute atomic E-state index is 0.407. The summed E-state index contributed by atoms with van der Waals surface area (Å²) in [5, 5.41) is 0. The highest BCUT2D eigenvalue weighted by Gasteiger charge is 2.22. The van der Waals surface area contributed by atoms with Crippen LogP contribution in [-0.2, 0) is 0 Å². The molecule has 1 saturated heterocycles. The lowest BCUT2D eigenvalue weighted by atomic mass is 9.94. The average molecular weight is 246 g/mol. The van der Waals surface area contributed by atoms with Gasteiger partial charge in [-0.25, -0.2) is 0 Å². The molecule has 1 atom stereocenters. The maximum Gasteiger partial charge on any atom is 0.0473 e. The van der Waals surface area contributed by atoms with E-state index in [-0.39, 0.29) is 0 Å². The Morgan fingerprint density at radius 3 is 2.22 bits per heavy atom. The van der Waals surface area contributed by atoms with Crippen LogP contribution >= 0.6 is 0 Å². The molecule has 1 aliphatic rings. The van der Waals surface area contributed by atoms with E-state index in [4.69, 9.17) is 5.73 Å². The third kappa shape index (κ3) is 2.76. The molecular formula is C16H26N2. The number of hydrogen-bond acceptors (Lipinski definition) is 2. The second-order valence-corrected chi connectivity index (χ2v) is 5.64. The summed E-state index contributed by atoms with van der Waals surface area (Å²) in [6.07, 6.45) is 4.01. The summed E-state index contributed by atoms with van der Waals surface area (Å²) in [6.45, 7) is 9.73. The monoisotopic (exact) mass is 246 g/mol. The molecule has 0 spiro atoms. The Hall–Kier alpha value is -0.860. The topological polar surface area (TPSA) is 29.3 Å². The Morgan fingerprint density at radius 1 is 1.00 bits per heavy atom. The second kappa shape index (κ2) is 5.85. The molecular weight excluding hydrogens is 220 g/mol. The maximum atomic E-state index is 6.05. The molecule has 2 nitrogen and oxygen atoms in total. The number of benzene rings is 1. The molecule has 2 rings (SSSR count). The van der Waals surface area contributed by atoms with E-state index in [1.54, 1.807) is 0 Å². The molecule has 1 aliphatic heterocycles. The lowest BCUT2D eigenvalue weighted by Gasteiger charge is -2.35. The molecule has 0 aromatic heterocycles. The van der Waals surface area contributed by atoms with Crippen molar-refractivity contribution in [2.45, 2.75) is 46.1 Å². The van der Waals surface area contributed by atoms with Crippen LogP contribution < -0.4 is 5.73 Å². The van der Waals surface area contributed by atoms with Gasteiger partial charge in [0.05, 0.1) is 0 Å². The van der Waals surface area contributed by atoms with Gasteiger partial charge in [0.1, 0.15) is 0 Å². The van der Waals surface area contributed by atoms with Gasteiger partial charge in [-0.1, -0.05) is 18.6 Å². The first-order valence-corrected chi connectivity index (χ1v) is 7.15. The fraction of sp³-hybridized carbons (Fsp3) is 0.625. The van der Waals surface area contributed by atoms with Crippen molar-refractivity contribution in [2.75, 3.05) is 19.6 Å². The van der Waals surface area contributed by atoms with E-state index in [1.165, 1.54) is 54.6 Å². The number of nitrogens with zero attached hydrogens (tertiary/aromatic N) is 1. The van der Waals surface area contributed by atoms with Gasteiger partial charge in [0.2, 0.25) is 0 Å². The van der Waals surface area contributed by atoms with Crippen molar-refractivity contribution in [1.29, 1.82) is 0 Å². The summed E-state index contributed by atoms with van der Waals surface area (Å²) in [7, 11) is 0. The predicted octanol–water partition coefficient (Wildman–Crippen LogP) is 3.10. The van der Waals surface area contributed by atoms with Crippen LogP contribution in [-0.4, -0.2) is 24.5 Å². The molecule has 18 heavy (non-hydrogen) atoms. The molecule has 1 fully saturated rings. The molecule has 1 aromatic carbocycles. The van der Waals surface area contributed by atoms with Crippen LogP contribution in [0.15, 0.2) is 12.1 Å². The fourth-order valence-corrected chi connectivity index (χ4v) is 3.04. The Kier molecular flexibility index (Phi) is 4.41. The van der Waals surface area contributed by atoms with Gasteiger partial charge >= 0.3 is 0 Å². The molecule has 0 bridgehead atoms. The van der Waals surface area contributed by atoms with Gasteiger partial charge in [-0.3, -0.25) is 4.90 Å². The Balaban J connectivity index is 2.28. The van der Waals surface area contributed by atoms with Gasteiger partial charge in [0, 0.05) is 12.6 Å². The number of likely N-dealkylation sites (tertiary alicyclic amines) is 1. The standard InChI is InChI=1S/C16H26N2/c1-12-9-14(3)15(10-13(12)2)16(11-17)18-7-5-4-6-8-18/h9-10,16H,4-8,11,17H2,1-3H3. The SMILES string of the molecule is Cc1cc(C)c(C(CN)N2CCCCC2)cc1C. The zero-order valence-electron chi connectivity index (χ0n) is 12.0. The summed E-state index contributed by atoms with van der Waals surface area (Å²) in [6, 6.07) is 5.05. The molecule has 1 aromatic rings. The largest absolute Gasteiger partial charge is 0.329 e. The van der Waals surface area contributed by atoms with Gasteiger partial charge in [0.25, 0.3) is 0 Å². The first kappa shape index (κ1) is 13.6. The van der Waals surface area contributed by atoms with Crippen LogP contribution in [0.25, 0.3) is 0 Å². The number of nitrogens with two attached hydrogens (primary N) is 1. The third-order valence-electron chi connectivity index (χ3n) is 4.30. The van der Waals surface area contributed by atoms with Crippen molar-refractivity contribution in [3.05, 3.63) is 34.4 Å². The minimum Gasteiger partial charge on any atom is -0.329 e. The highest BCUT2D eigenvalue weighted by molar-refractivity contribution is 5.38. The zero-order valence-corrected chi connectivity index (χ0v) is 12.0. The van der Waals surface area contributed by atoms with Crippen LogP contribution in [0.4, 0.5) is 0 Å². The predicted molar refractivity (Wildman–Crippen MR) is 77.9 cm³/mol. The van der Waals surface area contributed by atoms with Gasteiger partial charge in [-0.05, 0) is 69.0 Å². The van der Waals surface area contributed by atoms with Crippen molar-refractivity contribution < 1.29 is 0 Å². The normalized spacial score (nSPS) is 18.9. The van der Waals surface area contributed by atoms with Crippen LogP contribution in [0.3, 0.4) is 0 Å². The summed E-state index contributed by atoms with van der Waals surface area (Å²) < 4.78 is 0. The quantitative estimate of drug-likeness (QED) is 0.888. The van der Waals surface area contributed by atoms with Crippen molar-refractivity contribution >= 4 is 0 Å². The molecule has 0 amide bonds. The number of rotatable bonds is 3. The molecule has 1 unspecified atom stereocenters. The van der Waals surface area contributed by atoms with E-state index in [2.05, 4.69) is 37.8 Å². The Labute approximate surface area is 111 Å². The average Bonchev–Trinajstić information content (AvgIpc) is 2.38. The van der Waals surface area contributed by atoms with Gasteiger partial charge < -0.3 is 5.73 Å². The van der Waals surface area contributed by atoms with E-state index in [1.807, 2.05) is 0 Å². The van der Waals surface area contributed by atoms with Crippen molar-refractivity contribution in [3.63, 3.8) is 0 Å². The highest BCUT2D eigenvalue weighted by atomic mass is 15.2.